The van der Waals surface area contributed by atoms with Gasteiger partial charge in [-0.25, -0.2) is 4.39 Å². The van der Waals surface area contributed by atoms with Crippen LogP contribution in [-0.2, 0) is 0 Å². The molecule has 0 aliphatic carbocycles. The van der Waals surface area contributed by atoms with E-state index in [1.54, 1.807) is 11.9 Å². The zero-order valence-electron chi connectivity index (χ0n) is 14.1. The molecule has 2 aromatic rings. The molecule has 1 aromatic carbocycles. The number of unbranched alkanes of at least 4 members (excludes halogenated alkanes) is 1. The molecule has 0 aliphatic heterocycles. The fourth-order valence-corrected chi connectivity index (χ4v) is 2.34. The number of rotatable bonds is 6. The molecule has 132 valence electrons. The molecular formula is C18H19ClFN3O2. The summed E-state index contributed by atoms with van der Waals surface area (Å²) in [5.74, 6) is -1.24. The van der Waals surface area contributed by atoms with Gasteiger partial charge in [0.05, 0.1) is 5.02 Å². The molecule has 0 spiro atoms. The number of amides is 2. The number of anilines is 1. The molecule has 0 bridgehead atoms. The van der Waals surface area contributed by atoms with E-state index in [1.807, 2.05) is 6.92 Å². The van der Waals surface area contributed by atoms with E-state index in [2.05, 4.69) is 10.3 Å². The van der Waals surface area contributed by atoms with Gasteiger partial charge in [-0.2, -0.15) is 0 Å². The van der Waals surface area contributed by atoms with E-state index < -0.39 is 11.7 Å². The van der Waals surface area contributed by atoms with Crippen molar-refractivity contribution < 1.29 is 14.0 Å². The summed E-state index contributed by atoms with van der Waals surface area (Å²) < 4.78 is 13.2. The fraction of sp³-hybridized carbons (Fsp3) is 0.278. The highest BCUT2D eigenvalue weighted by Gasteiger charge is 2.15. The molecule has 0 atom stereocenters. The van der Waals surface area contributed by atoms with Crippen LogP contribution in [0.1, 0.15) is 40.6 Å². The van der Waals surface area contributed by atoms with Gasteiger partial charge in [-0.15, -0.1) is 0 Å². The predicted molar refractivity (Wildman–Crippen MR) is 95.5 cm³/mol. The van der Waals surface area contributed by atoms with E-state index >= 15 is 0 Å². The maximum atomic E-state index is 13.2. The van der Waals surface area contributed by atoms with Crippen molar-refractivity contribution in [2.45, 2.75) is 19.8 Å². The third-order valence-corrected chi connectivity index (χ3v) is 3.90. The van der Waals surface area contributed by atoms with Crippen LogP contribution in [0.3, 0.4) is 0 Å². The largest absolute Gasteiger partial charge is 0.340 e. The minimum atomic E-state index is -0.563. The van der Waals surface area contributed by atoms with Gasteiger partial charge in [0.15, 0.2) is 0 Å². The Labute approximate surface area is 150 Å². The van der Waals surface area contributed by atoms with E-state index in [0.717, 1.165) is 12.8 Å². The normalized spacial score (nSPS) is 10.4. The third-order valence-electron chi connectivity index (χ3n) is 3.61. The number of pyridine rings is 1. The highest BCUT2D eigenvalue weighted by atomic mass is 35.5. The molecule has 0 saturated carbocycles. The lowest BCUT2D eigenvalue weighted by Gasteiger charge is -2.16. The Hall–Kier alpha value is -2.47. The molecule has 0 aliphatic rings. The summed E-state index contributed by atoms with van der Waals surface area (Å²) in [4.78, 5) is 30.3. The molecule has 1 aromatic heterocycles. The summed E-state index contributed by atoms with van der Waals surface area (Å²) >= 11 is 5.70. The summed E-state index contributed by atoms with van der Waals surface area (Å²) in [7, 11) is 1.70. The Balaban J connectivity index is 2.13. The monoisotopic (exact) mass is 363 g/mol. The smallest absolute Gasteiger partial charge is 0.272 e. The number of aromatic nitrogens is 1. The van der Waals surface area contributed by atoms with Crippen molar-refractivity contribution >= 4 is 29.1 Å². The van der Waals surface area contributed by atoms with Crippen molar-refractivity contribution in [3.8, 4) is 0 Å². The van der Waals surface area contributed by atoms with Gasteiger partial charge < -0.3 is 10.2 Å². The van der Waals surface area contributed by atoms with Crippen LogP contribution in [0.15, 0.2) is 36.5 Å². The van der Waals surface area contributed by atoms with Gasteiger partial charge in [-0.3, -0.25) is 14.6 Å². The molecule has 25 heavy (non-hydrogen) atoms. The standard InChI is InChI=1S/C18H19ClFN3O2/c1-3-4-9-23(2)18(25)16-10-12(7-8-21-16)17(24)22-13-5-6-15(20)14(19)11-13/h5-8,10-11H,3-4,9H2,1-2H3,(H,22,24). The first kappa shape index (κ1) is 18.9. The van der Waals surface area contributed by atoms with Gasteiger partial charge in [0.1, 0.15) is 11.5 Å². The summed E-state index contributed by atoms with van der Waals surface area (Å²) in [6, 6.07) is 6.84. The second kappa shape index (κ2) is 8.58. The van der Waals surface area contributed by atoms with Crippen LogP contribution in [0.4, 0.5) is 10.1 Å². The third kappa shape index (κ3) is 5.00. The Bertz CT molecular complexity index is 783. The first-order chi connectivity index (χ1) is 11.9. The molecule has 7 heteroatoms. The average molecular weight is 364 g/mol. The molecule has 0 radical (unpaired) electrons. The van der Waals surface area contributed by atoms with Crippen molar-refractivity contribution in [3.05, 3.63) is 58.6 Å². The van der Waals surface area contributed by atoms with Gasteiger partial charge in [0.25, 0.3) is 11.8 Å². The Morgan fingerprint density at radius 2 is 2.04 bits per heavy atom. The fourth-order valence-electron chi connectivity index (χ4n) is 2.16. The van der Waals surface area contributed by atoms with E-state index in [0.29, 0.717) is 12.2 Å². The molecule has 1 heterocycles. The summed E-state index contributed by atoms with van der Waals surface area (Å²) in [6.45, 7) is 2.67. The lowest BCUT2D eigenvalue weighted by molar-refractivity contribution is 0.0787. The lowest BCUT2D eigenvalue weighted by Crippen LogP contribution is -2.28. The SMILES string of the molecule is CCCCN(C)C(=O)c1cc(C(=O)Nc2ccc(F)c(Cl)c2)ccn1. The number of hydrogen-bond donors (Lipinski definition) is 1. The van der Waals surface area contributed by atoms with Crippen LogP contribution < -0.4 is 5.32 Å². The van der Waals surface area contributed by atoms with E-state index in [4.69, 9.17) is 11.6 Å². The van der Waals surface area contributed by atoms with Gasteiger partial charge in [0.2, 0.25) is 0 Å². The molecule has 0 saturated heterocycles. The topological polar surface area (TPSA) is 62.3 Å². The van der Waals surface area contributed by atoms with Crippen LogP contribution in [0.5, 0.6) is 0 Å². The Kier molecular flexibility index (Phi) is 6.47. The highest BCUT2D eigenvalue weighted by molar-refractivity contribution is 6.31. The minimum absolute atomic E-state index is 0.0825. The summed E-state index contributed by atoms with van der Waals surface area (Å²) in [5, 5.41) is 2.53. The zero-order chi connectivity index (χ0) is 18.4. The zero-order valence-corrected chi connectivity index (χ0v) is 14.8. The molecule has 2 rings (SSSR count). The number of nitrogens with zero attached hydrogens (tertiary/aromatic N) is 2. The van der Waals surface area contributed by atoms with Crippen LogP contribution >= 0.6 is 11.6 Å². The number of hydrogen-bond acceptors (Lipinski definition) is 3. The number of nitrogens with one attached hydrogen (secondary N) is 1. The number of carbonyl (C=O) groups excluding carboxylic acids is 2. The van der Waals surface area contributed by atoms with Crippen molar-refractivity contribution in [2.24, 2.45) is 0 Å². The van der Waals surface area contributed by atoms with Gasteiger partial charge in [-0.1, -0.05) is 24.9 Å². The second-order valence-electron chi connectivity index (χ2n) is 5.59. The molecule has 0 fully saturated rings. The quantitative estimate of drug-likeness (QED) is 0.843. The summed E-state index contributed by atoms with van der Waals surface area (Å²) in [5.41, 5.74) is 0.840. The van der Waals surface area contributed by atoms with Crippen LogP contribution in [-0.4, -0.2) is 35.3 Å². The summed E-state index contributed by atoms with van der Waals surface area (Å²) in [6.07, 6.45) is 3.29. The second-order valence-corrected chi connectivity index (χ2v) is 6.00. The first-order valence-electron chi connectivity index (χ1n) is 7.90. The van der Waals surface area contributed by atoms with Crippen molar-refractivity contribution in [2.75, 3.05) is 18.9 Å². The minimum Gasteiger partial charge on any atom is -0.340 e. The van der Waals surface area contributed by atoms with Gasteiger partial charge in [0, 0.05) is 31.0 Å². The van der Waals surface area contributed by atoms with Crippen molar-refractivity contribution in [1.82, 2.24) is 9.88 Å². The molecule has 5 nitrogen and oxygen atoms in total. The van der Waals surface area contributed by atoms with Gasteiger partial charge >= 0.3 is 0 Å². The van der Waals surface area contributed by atoms with Crippen molar-refractivity contribution in [3.63, 3.8) is 0 Å². The van der Waals surface area contributed by atoms with Gasteiger partial charge in [-0.05, 0) is 36.8 Å². The van der Waals surface area contributed by atoms with Crippen LogP contribution in [0, 0.1) is 5.82 Å². The molecule has 1 N–H and O–H groups in total. The molecule has 2 amide bonds. The van der Waals surface area contributed by atoms with Crippen LogP contribution in [0.25, 0.3) is 0 Å². The lowest BCUT2D eigenvalue weighted by atomic mass is 10.2. The van der Waals surface area contributed by atoms with Crippen LogP contribution in [0.2, 0.25) is 5.02 Å². The Morgan fingerprint density at radius 1 is 1.28 bits per heavy atom. The van der Waals surface area contributed by atoms with E-state index in [-0.39, 0.29) is 22.2 Å². The van der Waals surface area contributed by atoms with E-state index in [1.165, 1.54) is 36.5 Å². The maximum Gasteiger partial charge on any atom is 0.272 e. The maximum absolute atomic E-state index is 13.2. The number of benzene rings is 1. The average Bonchev–Trinajstić information content (AvgIpc) is 2.62. The predicted octanol–water partition coefficient (Wildman–Crippen LogP) is 4.00. The number of carbonyl (C=O) groups is 2. The van der Waals surface area contributed by atoms with E-state index in [9.17, 15) is 14.0 Å². The highest BCUT2D eigenvalue weighted by Crippen LogP contribution is 2.20. The molecular weight excluding hydrogens is 345 g/mol. The number of halogens is 2. The first-order valence-corrected chi connectivity index (χ1v) is 8.28. The van der Waals surface area contributed by atoms with Crippen molar-refractivity contribution in [1.29, 1.82) is 0 Å². The molecule has 0 unspecified atom stereocenters. The Morgan fingerprint density at radius 3 is 2.72 bits per heavy atom.